The molecule has 0 radical (unpaired) electrons. The summed E-state index contributed by atoms with van der Waals surface area (Å²) in [4.78, 5) is 26.8. The van der Waals surface area contributed by atoms with Gasteiger partial charge in [-0.2, -0.15) is 0 Å². The highest BCUT2D eigenvalue weighted by molar-refractivity contribution is 7.98. The molecular formula is C14H14N2O4S. The molecule has 1 aliphatic heterocycles. The van der Waals surface area contributed by atoms with Gasteiger partial charge in [-0.05, 0) is 24.8 Å². The van der Waals surface area contributed by atoms with Crippen LogP contribution in [0.25, 0.3) is 10.9 Å². The Morgan fingerprint density at radius 1 is 1.43 bits per heavy atom. The van der Waals surface area contributed by atoms with Gasteiger partial charge in [-0.3, -0.25) is 9.59 Å². The van der Waals surface area contributed by atoms with Crippen molar-refractivity contribution in [1.29, 1.82) is 0 Å². The number of carbonyl (C=O) groups is 2. The van der Waals surface area contributed by atoms with Crippen molar-refractivity contribution < 1.29 is 19.8 Å². The van der Waals surface area contributed by atoms with Gasteiger partial charge in [0.2, 0.25) is 0 Å². The van der Waals surface area contributed by atoms with Gasteiger partial charge in [-0.1, -0.05) is 0 Å². The van der Waals surface area contributed by atoms with E-state index in [-0.39, 0.29) is 0 Å². The maximum atomic E-state index is 11.3. The van der Waals surface area contributed by atoms with E-state index in [9.17, 15) is 19.8 Å². The SMILES string of the molecule is CSc1nccc2c1cc1n2CCC1C(C(=O)O)C(=O)O. The third kappa shape index (κ3) is 2.08. The van der Waals surface area contributed by atoms with Gasteiger partial charge in [0.1, 0.15) is 5.03 Å². The fraction of sp³-hybridized carbons (Fsp3) is 0.357. The molecule has 0 amide bonds. The molecule has 0 saturated heterocycles. The van der Waals surface area contributed by atoms with Crippen LogP contribution in [0, 0.1) is 5.92 Å². The molecule has 21 heavy (non-hydrogen) atoms. The second kappa shape index (κ2) is 5.07. The topological polar surface area (TPSA) is 92.4 Å². The number of carboxylic acids is 2. The maximum Gasteiger partial charge on any atom is 0.318 e. The minimum absolute atomic E-state index is 0.498. The first-order valence-corrected chi connectivity index (χ1v) is 7.74. The molecule has 0 aliphatic carbocycles. The monoisotopic (exact) mass is 306 g/mol. The van der Waals surface area contributed by atoms with Crippen molar-refractivity contribution in [2.45, 2.75) is 23.9 Å². The molecule has 110 valence electrons. The summed E-state index contributed by atoms with van der Waals surface area (Å²) in [6.07, 6.45) is 4.19. The molecule has 1 unspecified atom stereocenters. The summed E-state index contributed by atoms with van der Waals surface area (Å²) in [7, 11) is 0. The first-order valence-electron chi connectivity index (χ1n) is 6.52. The molecule has 7 heteroatoms. The number of aryl methyl sites for hydroxylation is 1. The first-order chi connectivity index (χ1) is 10.0. The van der Waals surface area contributed by atoms with Gasteiger partial charge in [-0.15, -0.1) is 11.8 Å². The first kappa shape index (κ1) is 13.9. The van der Waals surface area contributed by atoms with Crippen molar-refractivity contribution in [3.63, 3.8) is 0 Å². The third-order valence-corrected chi connectivity index (χ3v) is 4.71. The molecule has 0 aromatic carbocycles. The van der Waals surface area contributed by atoms with E-state index in [0.29, 0.717) is 13.0 Å². The lowest BCUT2D eigenvalue weighted by molar-refractivity contribution is -0.155. The van der Waals surface area contributed by atoms with Crippen molar-refractivity contribution in [2.24, 2.45) is 5.92 Å². The summed E-state index contributed by atoms with van der Waals surface area (Å²) in [5, 5.41) is 20.2. The minimum Gasteiger partial charge on any atom is -0.481 e. The smallest absolute Gasteiger partial charge is 0.318 e. The zero-order valence-corrected chi connectivity index (χ0v) is 12.1. The summed E-state index contributed by atoms with van der Waals surface area (Å²) in [6, 6.07) is 3.78. The molecular weight excluding hydrogens is 292 g/mol. The highest BCUT2D eigenvalue weighted by atomic mass is 32.2. The average Bonchev–Trinajstić information content (AvgIpc) is 2.98. The number of aromatic nitrogens is 2. The number of aliphatic carboxylic acids is 2. The van der Waals surface area contributed by atoms with E-state index in [1.54, 1.807) is 6.20 Å². The van der Waals surface area contributed by atoms with Crippen LogP contribution in [0.4, 0.5) is 0 Å². The standard InChI is InChI=1S/C14H14N2O4S/c1-21-12-8-6-10-7(11(13(17)18)14(19)20)3-5-16(10)9(8)2-4-15-12/h2,4,6-7,11H,3,5H2,1H3,(H,17,18)(H,19,20). The number of nitrogens with zero attached hydrogens (tertiary/aromatic N) is 2. The van der Waals surface area contributed by atoms with Gasteiger partial charge in [-0.25, -0.2) is 4.98 Å². The molecule has 6 nitrogen and oxygen atoms in total. The van der Waals surface area contributed by atoms with Crippen molar-refractivity contribution in [3.05, 3.63) is 24.0 Å². The van der Waals surface area contributed by atoms with E-state index >= 15 is 0 Å². The lowest BCUT2D eigenvalue weighted by Gasteiger charge is -2.14. The molecule has 0 bridgehead atoms. The van der Waals surface area contributed by atoms with Crippen LogP contribution in [0.3, 0.4) is 0 Å². The minimum atomic E-state index is -1.40. The molecule has 2 aromatic rings. The van der Waals surface area contributed by atoms with Crippen molar-refractivity contribution in [1.82, 2.24) is 9.55 Å². The molecule has 3 heterocycles. The van der Waals surface area contributed by atoms with Gasteiger partial charge in [0.15, 0.2) is 5.92 Å². The van der Waals surface area contributed by atoms with Crippen LogP contribution in [0.5, 0.6) is 0 Å². The predicted molar refractivity (Wildman–Crippen MR) is 77.6 cm³/mol. The highest BCUT2D eigenvalue weighted by Crippen LogP contribution is 2.40. The Hall–Kier alpha value is -2.02. The molecule has 1 aliphatic rings. The van der Waals surface area contributed by atoms with E-state index in [2.05, 4.69) is 4.98 Å². The van der Waals surface area contributed by atoms with Crippen LogP contribution in [-0.2, 0) is 16.1 Å². The number of pyridine rings is 1. The molecule has 2 aromatic heterocycles. The summed E-state index contributed by atoms with van der Waals surface area (Å²) >= 11 is 1.52. The summed E-state index contributed by atoms with van der Waals surface area (Å²) < 4.78 is 2.01. The van der Waals surface area contributed by atoms with Crippen LogP contribution in [0.15, 0.2) is 23.4 Å². The van der Waals surface area contributed by atoms with Crippen LogP contribution < -0.4 is 0 Å². The van der Waals surface area contributed by atoms with Gasteiger partial charge in [0, 0.05) is 29.7 Å². The highest BCUT2D eigenvalue weighted by Gasteiger charge is 2.40. The van der Waals surface area contributed by atoms with Crippen LogP contribution in [-0.4, -0.2) is 38.0 Å². The Bertz CT molecular complexity index is 726. The Balaban J connectivity index is 2.14. The molecule has 3 rings (SSSR count). The number of rotatable bonds is 4. The number of hydrogen-bond acceptors (Lipinski definition) is 4. The fourth-order valence-corrected chi connectivity index (χ4v) is 3.65. The Labute approximate surface area is 124 Å². The normalized spacial score (nSPS) is 17.3. The predicted octanol–water partition coefficient (Wildman–Crippen LogP) is 2.03. The maximum absolute atomic E-state index is 11.3. The molecule has 1 atom stereocenters. The quantitative estimate of drug-likeness (QED) is 0.663. The second-order valence-corrected chi connectivity index (χ2v) is 5.82. The molecule has 2 N–H and O–H groups in total. The number of carboxylic acid groups (broad SMARTS) is 2. The second-order valence-electron chi connectivity index (χ2n) is 5.02. The van der Waals surface area contributed by atoms with E-state index in [0.717, 1.165) is 21.6 Å². The Morgan fingerprint density at radius 2 is 2.14 bits per heavy atom. The van der Waals surface area contributed by atoms with E-state index in [4.69, 9.17) is 0 Å². The van der Waals surface area contributed by atoms with Crippen LogP contribution in [0.2, 0.25) is 0 Å². The molecule has 0 spiro atoms. The fourth-order valence-electron chi connectivity index (χ4n) is 3.10. The summed E-state index contributed by atoms with van der Waals surface area (Å²) in [5.74, 6) is -4.47. The van der Waals surface area contributed by atoms with E-state index in [1.807, 2.05) is 23.0 Å². The van der Waals surface area contributed by atoms with Gasteiger partial charge >= 0.3 is 11.9 Å². The average molecular weight is 306 g/mol. The van der Waals surface area contributed by atoms with Crippen LogP contribution >= 0.6 is 11.8 Å². The molecule has 0 fully saturated rings. The Kier molecular flexibility index (Phi) is 3.36. The lowest BCUT2D eigenvalue weighted by atomic mass is 9.88. The number of thioether (sulfide) groups is 1. The third-order valence-electron chi connectivity index (χ3n) is 4.00. The van der Waals surface area contributed by atoms with Crippen molar-refractivity contribution in [2.75, 3.05) is 6.26 Å². The summed E-state index contributed by atoms with van der Waals surface area (Å²) in [6.45, 7) is 0.637. The van der Waals surface area contributed by atoms with E-state index < -0.39 is 23.8 Å². The number of fused-ring (bicyclic) bond motifs is 3. The van der Waals surface area contributed by atoms with E-state index in [1.165, 1.54) is 11.8 Å². The zero-order valence-electron chi connectivity index (χ0n) is 11.3. The van der Waals surface area contributed by atoms with Gasteiger partial charge < -0.3 is 14.8 Å². The lowest BCUT2D eigenvalue weighted by Crippen LogP contribution is -2.28. The summed E-state index contributed by atoms with van der Waals surface area (Å²) in [5.41, 5.74) is 1.77. The van der Waals surface area contributed by atoms with Crippen molar-refractivity contribution in [3.8, 4) is 0 Å². The van der Waals surface area contributed by atoms with Crippen LogP contribution in [0.1, 0.15) is 18.0 Å². The largest absolute Gasteiger partial charge is 0.481 e. The molecule has 0 saturated carbocycles. The zero-order chi connectivity index (χ0) is 15.1. The van der Waals surface area contributed by atoms with Crippen molar-refractivity contribution >= 4 is 34.6 Å². The Morgan fingerprint density at radius 3 is 2.76 bits per heavy atom. The van der Waals surface area contributed by atoms with Gasteiger partial charge in [0.25, 0.3) is 0 Å². The van der Waals surface area contributed by atoms with Gasteiger partial charge in [0.05, 0.1) is 5.52 Å². The number of hydrogen-bond donors (Lipinski definition) is 2.